The molecule has 0 unspecified atom stereocenters. The number of aromatic nitrogens is 2. The average Bonchev–Trinajstić information content (AvgIpc) is 3.51. The maximum Gasteiger partial charge on any atom is 0.248 e. The predicted octanol–water partition coefficient (Wildman–Crippen LogP) is 5.29. The lowest BCUT2D eigenvalue weighted by atomic mass is 10.2. The number of amides is 1. The quantitative estimate of drug-likeness (QED) is 0.397. The van der Waals surface area contributed by atoms with Gasteiger partial charge in [0.15, 0.2) is 11.5 Å². The number of carbonyl (C=O) groups excluding carboxylic acids is 1. The summed E-state index contributed by atoms with van der Waals surface area (Å²) in [6.45, 7) is 0.987. The number of carbonyl (C=O) groups is 1. The van der Waals surface area contributed by atoms with Crippen molar-refractivity contribution < 1.29 is 18.7 Å². The number of nitrogens with zero attached hydrogens (tertiary/aromatic N) is 2. The first-order valence-corrected chi connectivity index (χ1v) is 11.8. The zero-order valence-corrected chi connectivity index (χ0v) is 18.6. The highest BCUT2D eigenvalue weighted by Gasteiger charge is 2.19. The van der Waals surface area contributed by atoms with E-state index in [0.717, 1.165) is 15.4 Å². The van der Waals surface area contributed by atoms with Gasteiger partial charge >= 0.3 is 0 Å². The Morgan fingerprint density at radius 1 is 1.06 bits per heavy atom. The van der Waals surface area contributed by atoms with Gasteiger partial charge in [0.1, 0.15) is 13.2 Å². The molecule has 7 nitrogen and oxygen atoms in total. The molecule has 3 heterocycles. The van der Waals surface area contributed by atoms with Gasteiger partial charge in [-0.1, -0.05) is 30.0 Å². The lowest BCUT2D eigenvalue weighted by Gasteiger charge is -2.21. The zero-order valence-electron chi connectivity index (χ0n) is 16.9. The first kappa shape index (κ1) is 20.6. The molecule has 0 bridgehead atoms. The van der Waals surface area contributed by atoms with Gasteiger partial charge in [0.05, 0.1) is 5.69 Å². The van der Waals surface area contributed by atoms with E-state index in [0.29, 0.717) is 48.6 Å². The van der Waals surface area contributed by atoms with E-state index < -0.39 is 0 Å². The normalized spacial score (nSPS) is 12.5. The topological polar surface area (TPSA) is 86.5 Å². The number of hydrogen-bond donors (Lipinski definition) is 1. The molecule has 1 amide bonds. The van der Waals surface area contributed by atoms with E-state index in [9.17, 15) is 4.79 Å². The van der Waals surface area contributed by atoms with Crippen LogP contribution in [0, 0.1) is 0 Å². The highest BCUT2D eigenvalue weighted by Crippen LogP contribution is 2.42. The molecule has 2 aromatic carbocycles. The Labute approximate surface area is 192 Å². The Bertz CT molecular complexity index is 1210. The Morgan fingerprint density at radius 2 is 1.88 bits per heavy atom. The number of anilines is 1. The van der Waals surface area contributed by atoms with Crippen molar-refractivity contribution in [2.75, 3.05) is 18.5 Å². The molecule has 1 N–H and O–H groups in total. The molecule has 5 rings (SSSR count). The molecule has 0 atom stereocenters. The van der Waals surface area contributed by atoms with Crippen molar-refractivity contribution in [1.82, 2.24) is 10.2 Å². The lowest BCUT2D eigenvalue weighted by Crippen LogP contribution is -2.17. The third kappa shape index (κ3) is 4.79. The summed E-state index contributed by atoms with van der Waals surface area (Å²) in [5.74, 6) is 2.06. The molecule has 32 heavy (non-hydrogen) atoms. The van der Waals surface area contributed by atoms with Crippen LogP contribution in [0.5, 0.6) is 11.5 Å². The minimum Gasteiger partial charge on any atom is -0.486 e. The second-order valence-corrected chi connectivity index (χ2v) is 8.86. The number of ether oxygens (including phenoxy) is 2. The summed E-state index contributed by atoms with van der Waals surface area (Å²) in [5.41, 5.74) is 1.56. The Hall–Kier alpha value is -3.30. The summed E-state index contributed by atoms with van der Waals surface area (Å²) < 4.78 is 17.1. The van der Waals surface area contributed by atoms with E-state index in [1.54, 1.807) is 23.1 Å². The smallest absolute Gasteiger partial charge is 0.248 e. The fraction of sp³-hybridized carbons (Fsp3) is 0.174. The summed E-state index contributed by atoms with van der Waals surface area (Å²) in [4.78, 5) is 14.7. The molecule has 0 saturated heterocycles. The largest absolute Gasteiger partial charge is 0.486 e. The summed E-state index contributed by atoms with van der Waals surface area (Å²) >= 11 is 3.12. The molecule has 162 valence electrons. The predicted molar refractivity (Wildman–Crippen MR) is 123 cm³/mol. The van der Waals surface area contributed by atoms with E-state index in [4.69, 9.17) is 13.9 Å². The van der Waals surface area contributed by atoms with E-state index >= 15 is 0 Å². The number of fused-ring (bicyclic) bond motifs is 1. The van der Waals surface area contributed by atoms with Gasteiger partial charge in [-0.15, -0.1) is 10.2 Å². The van der Waals surface area contributed by atoms with E-state index in [1.165, 1.54) is 0 Å². The van der Waals surface area contributed by atoms with Crippen molar-refractivity contribution in [3.8, 4) is 23.0 Å². The van der Waals surface area contributed by atoms with Crippen LogP contribution in [0.3, 0.4) is 0 Å². The molecule has 2 aromatic heterocycles. The third-order valence-corrected chi connectivity index (χ3v) is 6.44. The zero-order chi connectivity index (χ0) is 21.8. The maximum absolute atomic E-state index is 12.7. The van der Waals surface area contributed by atoms with Gasteiger partial charge < -0.3 is 19.2 Å². The van der Waals surface area contributed by atoms with Gasteiger partial charge in [0.25, 0.3) is 0 Å². The molecule has 4 aromatic rings. The van der Waals surface area contributed by atoms with Gasteiger partial charge in [0, 0.05) is 45.7 Å². The number of rotatable bonds is 7. The van der Waals surface area contributed by atoms with Gasteiger partial charge in [0.2, 0.25) is 17.7 Å². The van der Waals surface area contributed by atoms with Crippen LogP contribution in [-0.4, -0.2) is 29.3 Å². The first-order valence-electron chi connectivity index (χ1n) is 10.1. The molecule has 0 saturated carbocycles. The second-order valence-electron chi connectivity index (χ2n) is 6.97. The standard InChI is InChI=1S/C23H19N3O4S2/c27-21(6-7-22-25-26-23(30-22)15-8-11-31-14-15)24-17-12-18-19(29-10-9-28-18)13-20(17)32-16-4-2-1-3-5-16/h1-5,8,11-14H,6-7,9-10H2,(H,24,27). The van der Waals surface area contributed by atoms with Gasteiger partial charge in [-0.2, -0.15) is 11.3 Å². The number of aryl methyl sites for hydroxylation is 1. The minimum atomic E-state index is -0.146. The summed E-state index contributed by atoms with van der Waals surface area (Å²) in [5, 5.41) is 15.0. The van der Waals surface area contributed by atoms with E-state index in [2.05, 4.69) is 15.5 Å². The van der Waals surface area contributed by atoms with Crippen molar-refractivity contribution in [1.29, 1.82) is 0 Å². The minimum absolute atomic E-state index is 0.146. The van der Waals surface area contributed by atoms with E-state index in [1.807, 2.05) is 59.3 Å². The molecule has 0 radical (unpaired) electrons. The second kappa shape index (κ2) is 9.46. The van der Waals surface area contributed by atoms with Crippen LogP contribution in [0.15, 0.2) is 73.5 Å². The van der Waals surface area contributed by atoms with Gasteiger partial charge in [-0.05, 0) is 23.6 Å². The van der Waals surface area contributed by atoms with Crippen LogP contribution in [0.2, 0.25) is 0 Å². The van der Waals surface area contributed by atoms with Crippen LogP contribution in [0.25, 0.3) is 11.5 Å². The Kier molecular flexibility index (Phi) is 6.09. The van der Waals surface area contributed by atoms with Crippen molar-refractivity contribution in [2.45, 2.75) is 22.6 Å². The Morgan fingerprint density at radius 3 is 2.66 bits per heavy atom. The fourth-order valence-corrected chi connectivity index (χ4v) is 4.72. The molecule has 0 spiro atoms. The molecule has 1 aliphatic rings. The fourth-order valence-electron chi connectivity index (χ4n) is 3.16. The highest BCUT2D eigenvalue weighted by atomic mass is 32.2. The lowest BCUT2D eigenvalue weighted by molar-refractivity contribution is -0.116. The van der Waals surface area contributed by atoms with Crippen LogP contribution in [0.4, 0.5) is 5.69 Å². The summed E-state index contributed by atoms with van der Waals surface area (Å²) in [7, 11) is 0. The van der Waals surface area contributed by atoms with Crippen LogP contribution in [0.1, 0.15) is 12.3 Å². The summed E-state index contributed by atoms with van der Waals surface area (Å²) in [6, 6.07) is 15.6. The summed E-state index contributed by atoms with van der Waals surface area (Å²) in [6.07, 6.45) is 0.573. The molecule has 1 aliphatic heterocycles. The number of nitrogens with one attached hydrogen (secondary N) is 1. The Balaban J connectivity index is 1.29. The number of hydrogen-bond acceptors (Lipinski definition) is 8. The van der Waals surface area contributed by atoms with Crippen LogP contribution < -0.4 is 14.8 Å². The molecule has 0 fully saturated rings. The maximum atomic E-state index is 12.7. The number of thiophene rings is 1. The monoisotopic (exact) mass is 465 g/mol. The molecular formula is C23H19N3O4S2. The van der Waals surface area contributed by atoms with Crippen molar-refractivity contribution in [3.63, 3.8) is 0 Å². The first-order chi connectivity index (χ1) is 15.7. The van der Waals surface area contributed by atoms with Crippen LogP contribution >= 0.6 is 23.1 Å². The van der Waals surface area contributed by atoms with E-state index in [-0.39, 0.29) is 12.3 Å². The third-order valence-electron chi connectivity index (χ3n) is 4.69. The molecule has 9 heteroatoms. The van der Waals surface area contributed by atoms with Gasteiger partial charge in [-0.25, -0.2) is 0 Å². The van der Waals surface area contributed by atoms with Crippen molar-refractivity contribution in [3.05, 3.63) is 65.2 Å². The highest BCUT2D eigenvalue weighted by molar-refractivity contribution is 7.99. The van der Waals surface area contributed by atoms with Crippen LogP contribution in [-0.2, 0) is 11.2 Å². The van der Waals surface area contributed by atoms with Gasteiger partial charge in [-0.3, -0.25) is 4.79 Å². The SMILES string of the molecule is O=C(CCc1nnc(-c2ccsc2)o1)Nc1cc2c(cc1Sc1ccccc1)OCCO2. The average molecular weight is 466 g/mol. The number of benzene rings is 2. The van der Waals surface area contributed by atoms with Crippen molar-refractivity contribution >= 4 is 34.7 Å². The van der Waals surface area contributed by atoms with Crippen molar-refractivity contribution in [2.24, 2.45) is 0 Å². The molecule has 0 aliphatic carbocycles. The molecular weight excluding hydrogens is 446 g/mol.